The first-order valence-corrected chi connectivity index (χ1v) is 9.30. The highest BCUT2D eigenvalue weighted by atomic mass is 32.2. The summed E-state index contributed by atoms with van der Waals surface area (Å²) in [6.07, 6.45) is 2.77. The van der Waals surface area contributed by atoms with Crippen LogP contribution in [0.2, 0.25) is 0 Å². The number of para-hydroxylation sites is 1. The molecule has 0 fully saturated rings. The van der Waals surface area contributed by atoms with Gasteiger partial charge in [0.15, 0.2) is 0 Å². The molecule has 0 aliphatic carbocycles. The molecular formula is C18H21N3O4S. The highest BCUT2D eigenvalue weighted by Gasteiger charge is 2.20. The van der Waals surface area contributed by atoms with Crippen LogP contribution in [0.1, 0.15) is 0 Å². The summed E-state index contributed by atoms with van der Waals surface area (Å²) in [6, 6.07) is 11.4. The van der Waals surface area contributed by atoms with Gasteiger partial charge in [-0.05, 0) is 18.2 Å². The Morgan fingerprint density at radius 3 is 2.38 bits per heavy atom. The second-order valence-electron chi connectivity index (χ2n) is 5.75. The molecular weight excluding hydrogens is 354 g/mol. The van der Waals surface area contributed by atoms with Gasteiger partial charge in [0.1, 0.15) is 6.54 Å². The molecule has 0 saturated heterocycles. The molecule has 2 aromatic rings. The molecule has 26 heavy (non-hydrogen) atoms. The van der Waals surface area contributed by atoms with E-state index in [1.165, 1.54) is 31.3 Å². The van der Waals surface area contributed by atoms with E-state index in [1.807, 2.05) is 6.07 Å². The van der Waals surface area contributed by atoms with Gasteiger partial charge in [0.25, 0.3) is 5.56 Å². The van der Waals surface area contributed by atoms with Crippen molar-refractivity contribution in [1.29, 1.82) is 0 Å². The van der Waals surface area contributed by atoms with Gasteiger partial charge in [-0.15, -0.1) is 6.58 Å². The topological polar surface area (TPSA) is 79.7 Å². The quantitative estimate of drug-likeness (QED) is 0.684. The number of aromatic nitrogens is 1. The number of rotatable bonds is 7. The Morgan fingerprint density at radius 2 is 1.81 bits per heavy atom. The van der Waals surface area contributed by atoms with E-state index in [-0.39, 0.29) is 23.9 Å². The number of carbonyl (C=O) groups excluding carboxylic acids is 1. The van der Waals surface area contributed by atoms with E-state index in [1.54, 1.807) is 30.3 Å². The second kappa shape index (κ2) is 8.11. The summed E-state index contributed by atoms with van der Waals surface area (Å²) in [5, 5.41) is 0. The van der Waals surface area contributed by atoms with Gasteiger partial charge in [-0.2, -0.15) is 0 Å². The number of hydrogen-bond donors (Lipinski definition) is 0. The molecule has 0 bridgehead atoms. The van der Waals surface area contributed by atoms with Crippen LogP contribution >= 0.6 is 0 Å². The van der Waals surface area contributed by atoms with Gasteiger partial charge < -0.3 is 9.47 Å². The molecule has 0 saturated carbocycles. The van der Waals surface area contributed by atoms with Crippen molar-refractivity contribution in [2.75, 3.05) is 25.5 Å². The lowest BCUT2D eigenvalue weighted by Crippen LogP contribution is -2.37. The highest BCUT2D eigenvalue weighted by Crippen LogP contribution is 2.15. The Bertz CT molecular complexity index is 950. The maximum atomic E-state index is 12.7. The van der Waals surface area contributed by atoms with E-state index in [4.69, 9.17) is 0 Å². The molecule has 0 aliphatic heterocycles. The number of carbonyl (C=O) groups is 1. The van der Waals surface area contributed by atoms with Gasteiger partial charge in [0.05, 0.1) is 4.90 Å². The summed E-state index contributed by atoms with van der Waals surface area (Å²) in [4.78, 5) is 26.2. The number of nitrogens with zero attached hydrogens (tertiary/aromatic N) is 3. The Hall–Kier alpha value is -2.71. The van der Waals surface area contributed by atoms with Gasteiger partial charge in [0, 0.05) is 38.6 Å². The Labute approximate surface area is 152 Å². The minimum absolute atomic E-state index is 0.0510. The third kappa shape index (κ3) is 4.27. The van der Waals surface area contributed by atoms with Crippen LogP contribution in [0, 0.1) is 0 Å². The van der Waals surface area contributed by atoms with Crippen molar-refractivity contribution in [2.45, 2.75) is 11.4 Å². The maximum absolute atomic E-state index is 12.7. The van der Waals surface area contributed by atoms with Crippen molar-refractivity contribution in [3.8, 4) is 0 Å². The number of sulfonamides is 1. The van der Waals surface area contributed by atoms with Gasteiger partial charge in [-0.3, -0.25) is 9.59 Å². The highest BCUT2D eigenvalue weighted by molar-refractivity contribution is 7.89. The third-order valence-corrected chi connectivity index (χ3v) is 5.52. The van der Waals surface area contributed by atoms with Crippen molar-refractivity contribution in [1.82, 2.24) is 8.87 Å². The number of anilines is 1. The number of hydrogen-bond acceptors (Lipinski definition) is 4. The van der Waals surface area contributed by atoms with Crippen LogP contribution < -0.4 is 10.5 Å². The number of pyridine rings is 1. The zero-order chi connectivity index (χ0) is 19.3. The zero-order valence-corrected chi connectivity index (χ0v) is 15.5. The minimum Gasteiger partial charge on any atom is -0.307 e. The summed E-state index contributed by atoms with van der Waals surface area (Å²) < 4.78 is 26.6. The monoisotopic (exact) mass is 375 g/mol. The number of amides is 1. The first kappa shape index (κ1) is 19.6. The average Bonchev–Trinajstić information content (AvgIpc) is 2.61. The molecule has 1 heterocycles. The van der Waals surface area contributed by atoms with Crippen LogP contribution in [0.4, 0.5) is 5.69 Å². The van der Waals surface area contributed by atoms with E-state index in [9.17, 15) is 18.0 Å². The van der Waals surface area contributed by atoms with Gasteiger partial charge in [-0.25, -0.2) is 12.7 Å². The largest absolute Gasteiger partial charge is 0.307 e. The molecule has 0 aliphatic rings. The molecule has 1 aromatic carbocycles. The lowest BCUT2D eigenvalue weighted by Gasteiger charge is -2.22. The lowest BCUT2D eigenvalue weighted by molar-refractivity contribution is -0.119. The maximum Gasteiger partial charge on any atom is 0.251 e. The molecule has 8 heteroatoms. The third-order valence-electron chi connectivity index (χ3n) is 3.72. The fraction of sp³-hybridized carbons (Fsp3) is 0.222. The normalized spacial score (nSPS) is 11.3. The fourth-order valence-corrected chi connectivity index (χ4v) is 3.24. The average molecular weight is 375 g/mol. The summed E-state index contributed by atoms with van der Waals surface area (Å²) in [5.41, 5.74) is 0.213. The molecule has 1 aromatic heterocycles. The van der Waals surface area contributed by atoms with Crippen molar-refractivity contribution < 1.29 is 13.2 Å². The molecule has 1 amide bonds. The zero-order valence-electron chi connectivity index (χ0n) is 14.7. The summed E-state index contributed by atoms with van der Waals surface area (Å²) in [5.74, 6) is -0.349. The molecule has 0 N–H and O–H groups in total. The van der Waals surface area contributed by atoms with Crippen molar-refractivity contribution >= 4 is 21.6 Å². The summed E-state index contributed by atoms with van der Waals surface area (Å²) in [7, 11) is -0.902. The van der Waals surface area contributed by atoms with E-state index in [0.717, 1.165) is 14.9 Å². The standard InChI is InChI=1S/C18H21N3O4S/c1-4-12-21(15-8-6-5-7-9-15)18(23)14-20-13-16(10-11-17(20)22)26(24,25)19(2)3/h4-11,13H,1,12,14H2,2-3H3. The predicted molar refractivity (Wildman–Crippen MR) is 101 cm³/mol. The van der Waals surface area contributed by atoms with Gasteiger partial charge >= 0.3 is 0 Å². The van der Waals surface area contributed by atoms with Crippen molar-refractivity contribution in [2.24, 2.45) is 0 Å². The van der Waals surface area contributed by atoms with Crippen molar-refractivity contribution in [3.63, 3.8) is 0 Å². The minimum atomic E-state index is -3.70. The fourth-order valence-electron chi connectivity index (χ4n) is 2.32. The molecule has 0 spiro atoms. The molecule has 2 rings (SSSR count). The molecule has 0 radical (unpaired) electrons. The predicted octanol–water partition coefficient (Wildman–Crippen LogP) is 1.32. The van der Waals surface area contributed by atoms with Crippen LogP contribution in [0.5, 0.6) is 0 Å². The smallest absolute Gasteiger partial charge is 0.251 e. The van der Waals surface area contributed by atoms with Crippen LogP contribution in [0.3, 0.4) is 0 Å². The first-order valence-electron chi connectivity index (χ1n) is 7.86. The van der Waals surface area contributed by atoms with Gasteiger partial charge in [0.2, 0.25) is 15.9 Å². The SMILES string of the molecule is C=CCN(C(=O)Cn1cc(S(=O)(=O)N(C)C)ccc1=O)c1ccccc1. The Balaban J connectivity index is 2.36. The van der Waals surface area contributed by atoms with E-state index in [2.05, 4.69) is 6.58 Å². The first-order chi connectivity index (χ1) is 12.3. The van der Waals surface area contributed by atoms with Crippen LogP contribution in [0.25, 0.3) is 0 Å². The van der Waals surface area contributed by atoms with Crippen LogP contribution in [-0.2, 0) is 21.4 Å². The van der Waals surface area contributed by atoms with Crippen LogP contribution in [-0.4, -0.2) is 43.8 Å². The molecule has 0 unspecified atom stereocenters. The van der Waals surface area contributed by atoms with Gasteiger partial charge in [-0.1, -0.05) is 24.3 Å². The summed E-state index contributed by atoms with van der Waals surface area (Å²) in [6.45, 7) is 3.64. The lowest BCUT2D eigenvalue weighted by atomic mass is 10.2. The van der Waals surface area contributed by atoms with E-state index < -0.39 is 15.6 Å². The Kier molecular flexibility index (Phi) is 6.12. The molecule has 0 atom stereocenters. The van der Waals surface area contributed by atoms with Crippen LogP contribution in [0.15, 0.2) is 71.0 Å². The second-order valence-corrected chi connectivity index (χ2v) is 7.90. The van der Waals surface area contributed by atoms with E-state index in [0.29, 0.717) is 5.69 Å². The summed E-state index contributed by atoms with van der Waals surface area (Å²) >= 11 is 0. The molecule has 138 valence electrons. The number of benzene rings is 1. The Morgan fingerprint density at radius 1 is 1.15 bits per heavy atom. The van der Waals surface area contributed by atoms with E-state index >= 15 is 0 Å². The molecule has 7 nitrogen and oxygen atoms in total. The van der Waals surface area contributed by atoms with Crippen molar-refractivity contribution in [3.05, 3.63) is 71.7 Å².